The van der Waals surface area contributed by atoms with Crippen LogP contribution in [0.3, 0.4) is 0 Å². The molecule has 1 aliphatic rings. The molecule has 3 rings (SSSR count). The van der Waals surface area contributed by atoms with E-state index in [1.807, 2.05) is 0 Å². The van der Waals surface area contributed by atoms with Gasteiger partial charge < -0.3 is 29.7 Å². The summed E-state index contributed by atoms with van der Waals surface area (Å²) in [6.45, 7) is -0.978. The third kappa shape index (κ3) is 3.74. The van der Waals surface area contributed by atoms with Crippen molar-refractivity contribution in [2.75, 3.05) is 26.1 Å². The number of aliphatic hydroxyl groups excluding tert-OH is 2. The number of anilines is 2. The number of ether oxygens (including phenoxy) is 3. The number of hydrogen-bond donors (Lipinski definition) is 3. The Morgan fingerprint density at radius 1 is 1.43 bits per heavy atom. The van der Waals surface area contributed by atoms with Crippen LogP contribution in [0.5, 0.6) is 11.5 Å². The van der Waals surface area contributed by atoms with E-state index in [1.54, 1.807) is 18.2 Å². The summed E-state index contributed by atoms with van der Waals surface area (Å²) in [7, 11) is 2.98. The van der Waals surface area contributed by atoms with Crippen molar-refractivity contribution in [3.8, 4) is 11.5 Å². The van der Waals surface area contributed by atoms with Gasteiger partial charge in [-0.15, -0.1) is 0 Å². The summed E-state index contributed by atoms with van der Waals surface area (Å²) in [5.74, 6) is 1.14. The Morgan fingerprint density at radius 2 is 2.20 bits per heavy atom. The van der Waals surface area contributed by atoms with Crippen LogP contribution < -0.4 is 20.5 Å². The fourth-order valence-corrected chi connectivity index (χ4v) is 3.00. The van der Waals surface area contributed by atoms with E-state index in [2.05, 4.69) is 20.3 Å². The molecular formula is C17H19FN6O6. The van der Waals surface area contributed by atoms with Crippen LogP contribution in [0.15, 0.2) is 40.4 Å². The van der Waals surface area contributed by atoms with Crippen molar-refractivity contribution in [2.24, 2.45) is 5.11 Å². The number of benzene rings is 1. The van der Waals surface area contributed by atoms with Crippen LogP contribution in [0.2, 0.25) is 0 Å². The van der Waals surface area contributed by atoms with E-state index in [-0.39, 0.29) is 5.82 Å². The molecule has 1 aliphatic heterocycles. The molecule has 0 spiro atoms. The minimum atomic E-state index is -2.24. The molecule has 1 unspecified atom stereocenters. The first kappa shape index (κ1) is 21.3. The van der Waals surface area contributed by atoms with Crippen molar-refractivity contribution < 1.29 is 28.8 Å². The topological polar surface area (TPSA) is 164 Å². The molecule has 0 amide bonds. The highest BCUT2D eigenvalue weighted by Crippen LogP contribution is 2.39. The number of aromatic nitrogens is 2. The summed E-state index contributed by atoms with van der Waals surface area (Å²) in [5, 5.41) is 25.5. The predicted octanol–water partition coefficient (Wildman–Crippen LogP) is 1.23. The normalized spacial score (nSPS) is 25.4. The number of methoxy groups -OCH3 is 2. The van der Waals surface area contributed by atoms with Gasteiger partial charge in [0.2, 0.25) is 5.72 Å². The molecule has 3 N–H and O–H groups in total. The average Bonchev–Trinajstić information content (AvgIpc) is 3.00. The molecule has 1 saturated heterocycles. The van der Waals surface area contributed by atoms with Crippen LogP contribution in [0.25, 0.3) is 10.4 Å². The largest absolute Gasteiger partial charge is 0.497 e. The number of hydrogen-bond acceptors (Lipinski definition) is 9. The fourth-order valence-electron chi connectivity index (χ4n) is 3.00. The number of nitrogens with one attached hydrogen (secondary N) is 1. The maximum absolute atomic E-state index is 14.6. The average molecular weight is 422 g/mol. The monoisotopic (exact) mass is 422 g/mol. The van der Waals surface area contributed by atoms with Crippen molar-refractivity contribution in [3.05, 3.63) is 51.4 Å². The van der Waals surface area contributed by atoms with Gasteiger partial charge in [-0.3, -0.25) is 4.57 Å². The Kier molecular flexibility index (Phi) is 6.08. The second-order valence-electron chi connectivity index (χ2n) is 6.28. The summed E-state index contributed by atoms with van der Waals surface area (Å²) < 4.78 is 31.0. The maximum Gasteiger partial charge on any atom is 0.351 e. The van der Waals surface area contributed by atoms with E-state index in [4.69, 9.17) is 19.7 Å². The third-order valence-electron chi connectivity index (χ3n) is 4.58. The minimum absolute atomic E-state index is 0.136. The van der Waals surface area contributed by atoms with Crippen LogP contribution in [0.1, 0.15) is 6.23 Å². The summed E-state index contributed by atoms with van der Waals surface area (Å²) in [6.07, 6.45) is -4.58. The Bertz CT molecular complexity index is 1030. The lowest BCUT2D eigenvalue weighted by molar-refractivity contribution is -0.124. The number of nitrogens with zero attached hydrogens (tertiary/aromatic N) is 5. The van der Waals surface area contributed by atoms with E-state index < -0.39 is 36.5 Å². The van der Waals surface area contributed by atoms with Crippen molar-refractivity contribution in [1.29, 1.82) is 0 Å². The predicted molar refractivity (Wildman–Crippen MR) is 101 cm³/mol. The molecule has 13 heteroatoms. The zero-order valence-electron chi connectivity index (χ0n) is 16.0. The van der Waals surface area contributed by atoms with Gasteiger partial charge in [0.05, 0.1) is 26.5 Å². The highest BCUT2D eigenvalue weighted by molar-refractivity contribution is 5.65. The molecule has 2 aromatic rings. The highest BCUT2D eigenvalue weighted by Gasteiger charge is 2.56. The second-order valence-corrected chi connectivity index (χ2v) is 6.28. The summed E-state index contributed by atoms with van der Waals surface area (Å²) in [4.78, 5) is 18.7. The van der Waals surface area contributed by atoms with Gasteiger partial charge in [0.25, 0.3) is 0 Å². The first-order valence-corrected chi connectivity index (χ1v) is 8.64. The van der Waals surface area contributed by atoms with Crippen LogP contribution in [-0.2, 0) is 4.74 Å². The molecule has 0 saturated carbocycles. The van der Waals surface area contributed by atoms with E-state index >= 15 is 0 Å². The molecule has 160 valence electrons. The van der Waals surface area contributed by atoms with Crippen LogP contribution >= 0.6 is 0 Å². The fraction of sp³-hybridized carbons (Fsp3) is 0.412. The minimum Gasteiger partial charge on any atom is -0.497 e. The third-order valence-corrected chi connectivity index (χ3v) is 4.58. The van der Waals surface area contributed by atoms with Gasteiger partial charge in [-0.2, -0.15) is 4.98 Å². The standard InChI is InChI=1S/C17H19FN6O6/c1-28-9-3-4-10(11(7-9)29-2)20-12-5-6-24(16(27)21-12)15-13(18)14(26)17(8-25,30-15)22-23-19/h3-7,13-15,25-26H,8H2,1-2H3,(H,20,21,27)/t13-,14-,15+,17?/m0/s1. The van der Waals surface area contributed by atoms with Gasteiger partial charge in [-0.05, 0) is 23.7 Å². The van der Waals surface area contributed by atoms with E-state index in [0.717, 1.165) is 4.57 Å². The molecule has 2 heterocycles. The first-order chi connectivity index (χ1) is 14.4. The molecule has 12 nitrogen and oxygen atoms in total. The van der Waals surface area contributed by atoms with Gasteiger partial charge in [0.1, 0.15) is 23.4 Å². The zero-order valence-corrected chi connectivity index (χ0v) is 16.0. The smallest absolute Gasteiger partial charge is 0.351 e. The lowest BCUT2D eigenvalue weighted by Crippen LogP contribution is -2.43. The maximum atomic E-state index is 14.6. The van der Waals surface area contributed by atoms with E-state index in [1.165, 1.54) is 26.5 Å². The van der Waals surface area contributed by atoms with Crippen molar-refractivity contribution in [3.63, 3.8) is 0 Å². The molecule has 0 bridgehead atoms. The lowest BCUT2D eigenvalue weighted by Gasteiger charge is -2.23. The summed E-state index contributed by atoms with van der Waals surface area (Å²) >= 11 is 0. The van der Waals surface area contributed by atoms with Gasteiger partial charge in [-0.25, -0.2) is 9.18 Å². The van der Waals surface area contributed by atoms with Gasteiger partial charge in [0, 0.05) is 17.2 Å². The van der Waals surface area contributed by atoms with Crippen LogP contribution in [-0.4, -0.2) is 58.6 Å². The number of aliphatic hydroxyl groups is 2. The Hall–Kier alpha value is -3.38. The second kappa shape index (κ2) is 8.55. The number of rotatable bonds is 7. The molecule has 4 atom stereocenters. The van der Waals surface area contributed by atoms with Crippen LogP contribution in [0, 0.1) is 0 Å². The summed E-state index contributed by atoms with van der Waals surface area (Å²) in [5.41, 5.74) is 5.97. The number of azide groups is 1. The van der Waals surface area contributed by atoms with Crippen molar-refractivity contribution in [2.45, 2.75) is 24.2 Å². The summed E-state index contributed by atoms with van der Waals surface area (Å²) in [6, 6.07) is 6.35. The van der Waals surface area contributed by atoms with Gasteiger partial charge >= 0.3 is 5.69 Å². The quantitative estimate of drug-likeness (QED) is 0.341. The van der Waals surface area contributed by atoms with E-state index in [9.17, 15) is 19.4 Å². The molecule has 1 fully saturated rings. The molecule has 1 aromatic carbocycles. The molecule has 30 heavy (non-hydrogen) atoms. The Labute approximate surface area is 169 Å². The lowest BCUT2D eigenvalue weighted by atomic mass is 10.1. The SMILES string of the molecule is COc1ccc(Nc2ccn([C@@H]3OC(CO)(N=[N+]=[N-])[C@@H](O)[C@@H]3F)c(=O)n2)c(OC)c1. The van der Waals surface area contributed by atoms with Gasteiger partial charge in [-0.1, -0.05) is 5.11 Å². The van der Waals surface area contributed by atoms with Crippen molar-refractivity contribution >= 4 is 11.5 Å². The molecule has 0 aliphatic carbocycles. The first-order valence-electron chi connectivity index (χ1n) is 8.64. The molecule has 0 radical (unpaired) electrons. The Morgan fingerprint density at radius 3 is 2.80 bits per heavy atom. The van der Waals surface area contributed by atoms with E-state index in [0.29, 0.717) is 17.2 Å². The van der Waals surface area contributed by atoms with Crippen molar-refractivity contribution in [1.82, 2.24) is 9.55 Å². The van der Waals surface area contributed by atoms with Crippen LogP contribution in [0.4, 0.5) is 15.9 Å². The number of halogens is 1. The molecule has 1 aromatic heterocycles. The van der Waals surface area contributed by atoms with Gasteiger partial charge in [0.15, 0.2) is 12.4 Å². The Balaban J connectivity index is 1.88. The molecular weight excluding hydrogens is 403 g/mol. The zero-order chi connectivity index (χ0) is 21.9. The number of alkyl halides is 1. The highest BCUT2D eigenvalue weighted by atomic mass is 19.1.